The first-order valence-corrected chi connectivity index (χ1v) is 9.24. The molecule has 0 saturated carbocycles. The summed E-state index contributed by atoms with van der Waals surface area (Å²) in [7, 11) is 0. The molecule has 0 spiro atoms. The van der Waals surface area contributed by atoms with Crippen molar-refractivity contribution in [3.63, 3.8) is 0 Å². The van der Waals surface area contributed by atoms with E-state index in [1.165, 1.54) is 16.5 Å². The fourth-order valence-electron chi connectivity index (χ4n) is 3.47. The molecule has 0 bridgehead atoms. The van der Waals surface area contributed by atoms with Gasteiger partial charge in [-0.1, -0.05) is 53.5 Å². The maximum atomic E-state index is 12.5. The summed E-state index contributed by atoms with van der Waals surface area (Å²) in [5.74, 6) is -0.487. The number of nitrogens with zero attached hydrogens (tertiary/aromatic N) is 1. The largest absolute Gasteiger partial charge is 0.321 e. The predicted molar refractivity (Wildman–Crippen MR) is 110 cm³/mol. The minimum absolute atomic E-state index is 0.0276. The van der Waals surface area contributed by atoms with Crippen molar-refractivity contribution in [2.75, 3.05) is 5.32 Å². The first kappa shape index (κ1) is 17.6. The Kier molecular flexibility index (Phi) is 4.61. The molecule has 1 amide bonds. The van der Waals surface area contributed by atoms with E-state index >= 15 is 0 Å². The van der Waals surface area contributed by atoms with Crippen molar-refractivity contribution in [3.05, 3.63) is 80.8 Å². The van der Waals surface area contributed by atoms with Gasteiger partial charge in [-0.25, -0.2) is 0 Å². The number of hydrogen-bond donors (Lipinski definition) is 1. The lowest BCUT2D eigenvalue weighted by Crippen LogP contribution is -2.13. The Morgan fingerprint density at radius 2 is 1.81 bits per heavy atom. The summed E-state index contributed by atoms with van der Waals surface area (Å²) in [6.07, 6.45) is 3.69. The van der Waals surface area contributed by atoms with Gasteiger partial charge in [0.25, 0.3) is 5.91 Å². The second kappa shape index (κ2) is 7.08. The first-order chi connectivity index (χ1) is 13.1. The molecule has 4 rings (SSSR count). The van der Waals surface area contributed by atoms with Gasteiger partial charge in [0.1, 0.15) is 11.6 Å². The van der Waals surface area contributed by atoms with Crippen molar-refractivity contribution in [2.45, 2.75) is 12.8 Å². The van der Waals surface area contributed by atoms with Crippen molar-refractivity contribution in [2.24, 2.45) is 0 Å². The summed E-state index contributed by atoms with van der Waals surface area (Å²) >= 11 is 11.9. The number of amides is 1. The number of carbonyl (C=O) groups is 1. The van der Waals surface area contributed by atoms with E-state index < -0.39 is 5.91 Å². The van der Waals surface area contributed by atoms with E-state index in [1.54, 1.807) is 24.3 Å². The Morgan fingerprint density at radius 1 is 1.04 bits per heavy atom. The lowest BCUT2D eigenvalue weighted by molar-refractivity contribution is -0.112. The molecular weight excluding hydrogens is 379 g/mol. The number of hydrogen-bond acceptors (Lipinski definition) is 2. The molecule has 0 aromatic heterocycles. The van der Waals surface area contributed by atoms with Gasteiger partial charge in [0, 0.05) is 5.69 Å². The maximum Gasteiger partial charge on any atom is 0.266 e. The molecule has 0 fully saturated rings. The van der Waals surface area contributed by atoms with Crippen LogP contribution in [-0.4, -0.2) is 5.91 Å². The van der Waals surface area contributed by atoms with Gasteiger partial charge in [0.2, 0.25) is 0 Å². The molecule has 1 aliphatic rings. The SMILES string of the molecule is N#C/C(=C/c1ccc2c3c(cccc13)CC2)C(=O)Nc1ccc(Cl)c(Cl)c1. The topological polar surface area (TPSA) is 52.9 Å². The number of aryl methyl sites for hydroxylation is 2. The van der Waals surface area contributed by atoms with Crippen molar-refractivity contribution < 1.29 is 4.79 Å². The van der Waals surface area contributed by atoms with Crippen LogP contribution in [0, 0.1) is 11.3 Å². The molecule has 3 aromatic rings. The van der Waals surface area contributed by atoms with Crippen molar-refractivity contribution in [3.8, 4) is 6.07 Å². The van der Waals surface area contributed by atoms with Crippen LogP contribution in [0.3, 0.4) is 0 Å². The average Bonchev–Trinajstić information content (AvgIpc) is 3.09. The zero-order valence-corrected chi connectivity index (χ0v) is 15.7. The molecule has 3 nitrogen and oxygen atoms in total. The van der Waals surface area contributed by atoms with Gasteiger partial charge in [-0.3, -0.25) is 4.79 Å². The molecule has 132 valence electrons. The van der Waals surface area contributed by atoms with E-state index in [0.29, 0.717) is 15.7 Å². The van der Waals surface area contributed by atoms with Crippen molar-refractivity contribution in [1.82, 2.24) is 0 Å². The van der Waals surface area contributed by atoms with E-state index in [1.807, 2.05) is 24.3 Å². The van der Waals surface area contributed by atoms with Gasteiger partial charge >= 0.3 is 0 Å². The molecule has 27 heavy (non-hydrogen) atoms. The third-order valence-electron chi connectivity index (χ3n) is 4.75. The maximum absolute atomic E-state index is 12.5. The molecule has 0 heterocycles. The summed E-state index contributed by atoms with van der Waals surface area (Å²) in [6, 6.07) is 17.0. The summed E-state index contributed by atoms with van der Waals surface area (Å²) in [5, 5.41) is 15.2. The number of halogens is 2. The van der Waals surface area contributed by atoms with Gasteiger partial charge in [-0.05, 0) is 64.6 Å². The van der Waals surface area contributed by atoms with Gasteiger partial charge in [-0.15, -0.1) is 0 Å². The zero-order chi connectivity index (χ0) is 19.0. The number of nitrogens with one attached hydrogen (secondary N) is 1. The minimum atomic E-state index is -0.487. The minimum Gasteiger partial charge on any atom is -0.321 e. The fourth-order valence-corrected chi connectivity index (χ4v) is 3.77. The zero-order valence-electron chi connectivity index (χ0n) is 14.2. The molecule has 5 heteroatoms. The number of carbonyl (C=O) groups excluding carboxylic acids is 1. The molecule has 1 aliphatic carbocycles. The number of anilines is 1. The molecule has 0 saturated heterocycles. The quantitative estimate of drug-likeness (QED) is 0.452. The van der Waals surface area contributed by atoms with Crippen molar-refractivity contribution in [1.29, 1.82) is 5.26 Å². The van der Waals surface area contributed by atoms with Crippen LogP contribution in [0.4, 0.5) is 5.69 Å². The average molecular weight is 393 g/mol. The smallest absolute Gasteiger partial charge is 0.266 e. The predicted octanol–water partition coefficient (Wildman–Crippen LogP) is 5.79. The van der Waals surface area contributed by atoms with Crippen LogP contribution < -0.4 is 5.32 Å². The summed E-state index contributed by atoms with van der Waals surface area (Å²) in [6.45, 7) is 0. The van der Waals surface area contributed by atoms with E-state index in [2.05, 4.69) is 17.4 Å². The fraction of sp³-hybridized carbons (Fsp3) is 0.0909. The molecular formula is C22H14Cl2N2O. The Morgan fingerprint density at radius 3 is 2.56 bits per heavy atom. The summed E-state index contributed by atoms with van der Waals surface area (Å²) < 4.78 is 0. The third kappa shape index (κ3) is 3.30. The Hall–Kier alpha value is -2.80. The van der Waals surface area contributed by atoms with E-state index in [0.717, 1.165) is 23.8 Å². The van der Waals surface area contributed by atoms with Gasteiger partial charge < -0.3 is 5.32 Å². The second-order valence-corrected chi connectivity index (χ2v) is 7.22. The van der Waals surface area contributed by atoms with Crippen molar-refractivity contribution >= 4 is 51.6 Å². The number of benzene rings is 3. The lowest BCUT2D eigenvalue weighted by atomic mass is 9.98. The standard InChI is InChI=1S/C22H14Cl2N2O/c23-19-9-8-17(11-20(19)24)26-22(27)16(12-25)10-15-7-6-14-5-4-13-2-1-3-18(15)21(13)14/h1-3,6-11H,4-5H2,(H,26,27)/b16-10-. The van der Waals surface area contributed by atoms with Crippen LogP contribution in [0.15, 0.2) is 54.1 Å². The Bertz CT molecular complexity index is 1150. The van der Waals surface area contributed by atoms with Gasteiger partial charge in [0.15, 0.2) is 0 Å². The second-order valence-electron chi connectivity index (χ2n) is 6.41. The highest BCUT2D eigenvalue weighted by Gasteiger charge is 2.16. The van der Waals surface area contributed by atoms with Crippen LogP contribution in [0.25, 0.3) is 16.8 Å². The molecule has 1 N–H and O–H groups in total. The third-order valence-corrected chi connectivity index (χ3v) is 5.49. The molecule has 0 unspecified atom stereocenters. The highest BCUT2D eigenvalue weighted by molar-refractivity contribution is 6.42. The highest BCUT2D eigenvalue weighted by Crippen LogP contribution is 2.33. The molecule has 0 atom stereocenters. The number of nitriles is 1. The Labute approximate surface area is 166 Å². The van der Waals surface area contributed by atoms with E-state index in [4.69, 9.17) is 23.2 Å². The van der Waals surface area contributed by atoms with Crippen LogP contribution >= 0.6 is 23.2 Å². The molecule has 0 aliphatic heterocycles. The van der Waals surface area contributed by atoms with Crippen LogP contribution in [-0.2, 0) is 17.6 Å². The highest BCUT2D eigenvalue weighted by atomic mass is 35.5. The molecule has 3 aromatic carbocycles. The summed E-state index contributed by atoms with van der Waals surface area (Å²) in [4.78, 5) is 12.5. The van der Waals surface area contributed by atoms with E-state index in [-0.39, 0.29) is 5.57 Å². The van der Waals surface area contributed by atoms with E-state index in [9.17, 15) is 10.1 Å². The first-order valence-electron chi connectivity index (χ1n) is 8.48. The summed E-state index contributed by atoms with van der Waals surface area (Å²) in [5.41, 5.74) is 4.00. The Balaban J connectivity index is 1.70. The normalized spacial score (nSPS) is 12.9. The molecule has 0 radical (unpaired) electrons. The monoisotopic (exact) mass is 392 g/mol. The van der Waals surface area contributed by atoms with Gasteiger partial charge in [-0.2, -0.15) is 5.26 Å². The lowest BCUT2D eigenvalue weighted by Gasteiger charge is -2.08. The van der Waals surface area contributed by atoms with Crippen LogP contribution in [0.5, 0.6) is 0 Å². The van der Waals surface area contributed by atoms with Crippen LogP contribution in [0.2, 0.25) is 10.0 Å². The number of rotatable bonds is 3. The van der Waals surface area contributed by atoms with Crippen LogP contribution in [0.1, 0.15) is 16.7 Å². The van der Waals surface area contributed by atoms with Gasteiger partial charge in [0.05, 0.1) is 10.0 Å².